The van der Waals surface area contributed by atoms with E-state index >= 15 is 0 Å². The van der Waals surface area contributed by atoms with Gasteiger partial charge >= 0.3 is 68.0 Å². The van der Waals surface area contributed by atoms with Crippen molar-refractivity contribution in [1.82, 2.24) is 0 Å². The molecule has 0 N–H and O–H groups in total. The van der Waals surface area contributed by atoms with Crippen molar-refractivity contribution < 1.29 is 0 Å². The summed E-state index contributed by atoms with van der Waals surface area (Å²) in [4.78, 5) is 0. The second-order valence-electron chi connectivity index (χ2n) is 0.247. The van der Waals surface area contributed by atoms with Crippen LogP contribution in [0.2, 0.25) is 0 Å². The first-order valence-corrected chi connectivity index (χ1v) is 10.2. The van der Waals surface area contributed by atoms with E-state index in [0.29, 0.717) is 0 Å². The van der Waals surface area contributed by atoms with Crippen LogP contribution in [0.5, 0.6) is 0 Å². The van der Waals surface area contributed by atoms with Crippen LogP contribution in [0.3, 0.4) is 0 Å². The van der Waals surface area contributed by atoms with Gasteiger partial charge in [0.15, 0.2) is 0 Å². The molecule has 0 heterocycles. The zero-order valence-corrected chi connectivity index (χ0v) is 6.40. The van der Waals surface area contributed by atoms with Gasteiger partial charge in [0, 0.05) is 0 Å². The van der Waals surface area contributed by atoms with Gasteiger partial charge in [0.25, 0.3) is 0 Å². The summed E-state index contributed by atoms with van der Waals surface area (Å²) >= 11 is -2.06. The predicted molar refractivity (Wildman–Crippen MR) is 33.3 cm³/mol. The van der Waals surface area contributed by atoms with Crippen molar-refractivity contribution in [3.8, 4) is 0 Å². The standard InChI is InChI=1S/3ClH.Ga.In.3H/h3*1H;;;;;/q;;;+3;;;;/p-3. The molecule has 0 amide bonds. The summed E-state index contributed by atoms with van der Waals surface area (Å²) in [6.45, 7) is 0. The van der Waals surface area contributed by atoms with E-state index in [0.717, 1.165) is 0 Å². The molecule has 0 bridgehead atoms. The molecule has 30 valence electrons. The van der Waals surface area contributed by atoms with E-state index in [2.05, 4.69) is 0 Å². The number of halogens is 3. The molecule has 0 aromatic rings. The van der Waals surface area contributed by atoms with Gasteiger partial charge in [-0.15, -0.1) is 0 Å². The van der Waals surface area contributed by atoms with Crippen molar-refractivity contribution in [3.63, 3.8) is 0 Å². The Bertz CT molecular complexity index is 11.6. The Labute approximate surface area is 67.0 Å². The monoisotopic (exact) mass is 292 g/mol. The van der Waals surface area contributed by atoms with E-state index in [4.69, 9.17) is 28.9 Å². The van der Waals surface area contributed by atoms with Gasteiger partial charge in [-0.3, -0.25) is 0 Å². The molecule has 0 spiro atoms. The van der Waals surface area contributed by atoms with Crippen LogP contribution in [-0.4, -0.2) is 39.1 Å². The fraction of sp³-hybridized carbons (Fsp3) is 0. The molecule has 0 saturated carbocycles. The summed E-state index contributed by atoms with van der Waals surface area (Å²) in [6, 6.07) is 0. The summed E-state index contributed by atoms with van der Waals surface area (Å²) in [7, 11) is 15.0. The molecule has 0 rings (SSSR count). The zero-order chi connectivity index (χ0) is 3.58. The van der Waals surface area contributed by atoms with Crippen LogP contribution in [0.15, 0.2) is 0 Å². The van der Waals surface area contributed by atoms with Crippen molar-refractivity contribution >= 4 is 68.0 Å². The van der Waals surface area contributed by atoms with Gasteiger partial charge in [0.2, 0.25) is 0 Å². The van der Waals surface area contributed by atoms with Crippen LogP contribution < -0.4 is 0 Å². The third kappa shape index (κ3) is 21.6. The second-order valence-corrected chi connectivity index (χ2v) is 11.6. The van der Waals surface area contributed by atoms with Gasteiger partial charge in [-0.2, -0.15) is 0 Å². The van der Waals surface area contributed by atoms with Crippen molar-refractivity contribution in [2.24, 2.45) is 0 Å². The van der Waals surface area contributed by atoms with E-state index in [1.165, 1.54) is 0 Å². The Morgan fingerprint density at radius 1 is 1.00 bits per heavy atom. The Hall–Kier alpha value is 2.38. The topological polar surface area (TPSA) is 0 Å². The van der Waals surface area contributed by atoms with E-state index in [1.54, 1.807) is 0 Å². The fourth-order valence-electron chi connectivity index (χ4n) is 0. The van der Waals surface area contributed by atoms with Crippen LogP contribution >= 0.6 is 28.9 Å². The average Bonchev–Trinajstić information content (AvgIpc) is 0.811. The molecule has 0 unspecified atom stereocenters. The number of rotatable bonds is 0. The van der Waals surface area contributed by atoms with Gasteiger partial charge in [-0.25, -0.2) is 0 Å². The minimum absolute atomic E-state index is 0. The molecular weight excluding hydrogens is 291 g/mol. The Morgan fingerprint density at radius 3 is 1.00 bits per heavy atom. The van der Waals surface area contributed by atoms with Crippen molar-refractivity contribution in [1.29, 1.82) is 0 Å². The summed E-state index contributed by atoms with van der Waals surface area (Å²) in [5, 5.41) is 0. The molecule has 0 aliphatic rings. The average molecular weight is 294 g/mol. The Balaban J connectivity index is 0. The zero-order valence-electron chi connectivity index (χ0n) is 1.71. The van der Waals surface area contributed by atoms with Gasteiger partial charge in [0.1, 0.15) is 0 Å². The van der Waals surface area contributed by atoms with Crippen molar-refractivity contribution in [3.05, 3.63) is 0 Å². The Morgan fingerprint density at radius 2 is 1.00 bits per heavy atom. The van der Waals surface area contributed by atoms with Crippen LogP contribution in [-0.2, 0) is 0 Å². The van der Waals surface area contributed by atoms with Crippen LogP contribution in [0, 0.1) is 0 Å². The summed E-state index contributed by atoms with van der Waals surface area (Å²) in [5.41, 5.74) is 0. The maximum absolute atomic E-state index is 4.99. The van der Waals surface area contributed by atoms with E-state index < -0.39 is 13.2 Å². The number of hydrogen-bond donors (Lipinski definition) is 0. The third-order valence-corrected chi connectivity index (χ3v) is 0. The molecule has 0 saturated heterocycles. The van der Waals surface area contributed by atoms with Crippen LogP contribution in [0.1, 0.15) is 0 Å². The molecule has 0 nitrogen and oxygen atoms in total. The van der Waals surface area contributed by atoms with Crippen molar-refractivity contribution in [2.45, 2.75) is 0 Å². The molecule has 0 fully saturated rings. The number of hydrogen-bond acceptors (Lipinski definition) is 0. The first-order valence-electron chi connectivity index (χ1n) is 0.655. The molecule has 5 heavy (non-hydrogen) atoms. The molecule has 0 radical (unpaired) electrons. The molecule has 0 aromatic carbocycles. The summed E-state index contributed by atoms with van der Waals surface area (Å²) in [6.07, 6.45) is 0. The quantitative estimate of drug-likeness (QED) is 0.571. The summed E-state index contributed by atoms with van der Waals surface area (Å²) in [5.74, 6) is 0. The SMILES string of the molecule is [Cl][Ga]([Cl])[Cl].[InH3]. The first-order chi connectivity index (χ1) is 1.73. The summed E-state index contributed by atoms with van der Waals surface area (Å²) < 4.78 is 0. The normalized spacial score (nSPS) is 5.40. The van der Waals surface area contributed by atoms with E-state index in [9.17, 15) is 0 Å². The minimum atomic E-state index is -2.06. The van der Waals surface area contributed by atoms with Gasteiger partial charge in [-0.05, 0) is 0 Å². The molecular formula is H3Cl3GaIn. The van der Waals surface area contributed by atoms with E-state index in [1.807, 2.05) is 0 Å². The first kappa shape index (κ1) is 10.4. The van der Waals surface area contributed by atoms with E-state index in [-0.39, 0.29) is 25.8 Å². The molecule has 5 heteroatoms. The third-order valence-electron chi connectivity index (χ3n) is 0. The molecule has 0 aromatic heterocycles. The van der Waals surface area contributed by atoms with Gasteiger partial charge in [0.05, 0.1) is 0 Å². The second kappa shape index (κ2) is 6.38. The van der Waals surface area contributed by atoms with Crippen LogP contribution in [0.4, 0.5) is 0 Å². The molecule has 0 aliphatic carbocycles. The van der Waals surface area contributed by atoms with Gasteiger partial charge in [-0.1, -0.05) is 0 Å². The molecule has 0 atom stereocenters. The molecule has 0 aliphatic heterocycles. The van der Waals surface area contributed by atoms with Crippen molar-refractivity contribution in [2.75, 3.05) is 0 Å². The fourth-order valence-corrected chi connectivity index (χ4v) is 0. The van der Waals surface area contributed by atoms with Crippen LogP contribution in [0.25, 0.3) is 0 Å². The maximum atomic E-state index is 4.99. The predicted octanol–water partition coefficient (Wildman–Crippen LogP) is 0.504. The Kier molecular flexibility index (Phi) is 13.2. The van der Waals surface area contributed by atoms with Gasteiger partial charge < -0.3 is 0 Å².